The molecule has 0 aliphatic rings. The van der Waals surface area contributed by atoms with E-state index >= 15 is 0 Å². The van der Waals surface area contributed by atoms with Gasteiger partial charge in [-0.1, -0.05) is 12.1 Å². The highest BCUT2D eigenvalue weighted by molar-refractivity contribution is 5.89. The number of nitrogens with one attached hydrogen (secondary N) is 3. The van der Waals surface area contributed by atoms with Crippen LogP contribution in [0.4, 0.5) is 10.5 Å². The van der Waals surface area contributed by atoms with Gasteiger partial charge in [-0.3, -0.25) is 0 Å². The second-order valence-electron chi connectivity index (χ2n) is 4.71. The predicted molar refractivity (Wildman–Crippen MR) is 78.2 cm³/mol. The van der Waals surface area contributed by atoms with Gasteiger partial charge in [0.15, 0.2) is 0 Å². The Balaban J connectivity index is 1.96. The summed E-state index contributed by atoms with van der Waals surface area (Å²) in [5, 5.41) is 5.59. The summed E-state index contributed by atoms with van der Waals surface area (Å²) in [6.07, 6.45) is 3.37. The van der Waals surface area contributed by atoms with Crippen LogP contribution in [-0.4, -0.2) is 16.0 Å². The van der Waals surface area contributed by atoms with Gasteiger partial charge in [0, 0.05) is 24.1 Å². The van der Waals surface area contributed by atoms with E-state index in [1.807, 2.05) is 38.1 Å². The number of aromatic amines is 1. The normalized spacial score (nSPS) is 13.6. The van der Waals surface area contributed by atoms with E-state index in [9.17, 15) is 4.79 Å². The van der Waals surface area contributed by atoms with E-state index in [0.717, 1.165) is 5.56 Å². The van der Waals surface area contributed by atoms with Crippen LogP contribution >= 0.6 is 0 Å². The van der Waals surface area contributed by atoms with Gasteiger partial charge in [-0.05, 0) is 31.5 Å². The fraction of sp³-hybridized carbons (Fsp3) is 0.286. The second kappa shape index (κ2) is 6.21. The first-order valence-electron chi connectivity index (χ1n) is 6.48. The monoisotopic (exact) mass is 273 g/mol. The third-order valence-electron chi connectivity index (χ3n) is 2.95. The van der Waals surface area contributed by atoms with Crippen LogP contribution < -0.4 is 16.4 Å². The van der Waals surface area contributed by atoms with Gasteiger partial charge < -0.3 is 21.4 Å². The van der Waals surface area contributed by atoms with Gasteiger partial charge in [-0.25, -0.2) is 9.78 Å². The van der Waals surface area contributed by atoms with Crippen molar-refractivity contribution in [1.29, 1.82) is 0 Å². The maximum atomic E-state index is 11.9. The average molecular weight is 273 g/mol. The molecule has 6 heteroatoms. The lowest BCUT2D eigenvalue weighted by Gasteiger charge is -2.13. The number of H-pyrrole nitrogens is 1. The zero-order valence-corrected chi connectivity index (χ0v) is 11.6. The SMILES string of the molecule is CC(N)c1cccc(NC(=O)NC(C)c2ncc[nH]2)c1. The third-order valence-corrected chi connectivity index (χ3v) is 2.95. The highest BCUT2D eigenvalue weighted by atomic mass is 16.2. The Bertz CT molecular complexity index is 565. The maximum Gasteiger partial charge on any atom is 0.319 e. The Morgan fingerprint density at radius 3 is 2.85 bits per heavy atom. The predicted octanol–water partition coefficient (Wildman–Crippen LogP) is 2.31. The van der Waals surface area contributed by atoms with E-state index in [-0.39, 0.29) is 18.1 Å². The van der Waals surface area contributed by atoms with Crippen molar-refractivity contribution in [3.05, 3.63) is 48.0 Å². The number of nitrogens with zero attached hydrogens (tertiary/aromatic N) is 1. The number of aromatic nitrogens is 2. The summed E-state index contributed by atoms with van der Waals surface area (Å²) in [7, 11) is 0. The molecule has 0 fully saturated rings. The molecule has 5 N–H and O–H groups in total. The van der Waals surface area contributed by atoms with Gasteiger partial charge in [0.25, 0.3) is 0 Å². The molecule has 6 nitrogen and oxygen atoms in total. The largest absolute Gasteiger partial charge is 0.347 e. The van der Waals surface area contributed by atoms with Crippen molar-refractivity contribution in [2.24, 2.45) is 5.73 Å². The summed E-state index contributed by atoms with van der Waals surface area (Å²) >= 11 is 0. The molecule has 2 unspecified atom stereocenters. The van der Waals surface area contributed by atoms with E-state index < -0.39 is 0 Å². The zero-order chi connectivity index (χ0) is 14.5. The number of imidazole rings is 1. The Morgan fingerprint density at radius 2 is 2.20 bits per heavy atom. The number of nitrogens with two attached hydrogens (primary N) is 1. The zero-order valence-electron chi connectivity index (χ0n) is 11.6. The lowest BCUT2D eigenvalue weighted by atomic mass is 10.1. The summed E-state index contributed by atoms with van der Waals surface area (Å²) in [4.78, 5) is 19.0. The molecule has 0 bridgehead atoms. The van der Waals surface area contributed by atoms with Crippen LogP contribution in [0.1, 0.15) is 37.3 Å². The molecule has 0 saturated carbocycles. The van der Waals surface area contributed by atoms with E-state index in [1.165, 1.54) is 0 Å². The van der Waals surface area contributed by atoms with Crippen LogP contribution in [0, 0.1) is 0 Å². The quantitative estimate of drug-likeness (QED) is 0.688. The number of hydrogen-bond donors (Lipinski definition) is 4. The van der Waals surface area contributed by atoms with Crippen molar-refractivity contribution in [3.8, 4) is 0 Å². The Morgan fingerprint density at radius 1 is 1.40 bits per heavy atom. The van der Waals surface area contributed by atoms with Crippen molar-refractivity contribution in [3.63, 3.8) is 0 Å². The minimum absolute atomic E-state index is 0.0677. The van der Waals surface area contributed by atoms with Crippen LogP contribution in [0.3, 0.4) is 0 Å². The highest BCUT2D eigenvalue weighted by Crippen LogP contribution is 2.15. The van der Waals surface area contributed by atoms with Gasteiger partial charge in [-0.15, -0.1) is 0 Å². The van der Waals surface area contributed by atoms with E-state index in [0.29, 0.717) is 11.5 Å². The second-order valence-corrected chi connectivity index (χ2v) is 4.71. The molecular weight excluding hydrogens is 254 g/mol. The van der Waals surface area contributed by atoms with Crippen molar-refractivity contribution in [1.82, 2.24) is 15.3 Å². The number of carbonyl (C=O) groups is 1. The van der Waals surface area contributed by atoms with Gasteiger partial charge in [-0.2, -0.15) is 0 Å². The van der Waals surface area contributed by atoms with Crippen molar-refractivity contribution >= 4 is 11.7 Å². The van der Waals surface area contributed by atoms with E-state index in [4.69, 9.17) is 5.73 Å². The molecule has 2 atom stereocenters. The molecular formula is C14H19N5O. The Labute approximate surface area is 117 Å². The molecule has 0 aliphatic heterocycles. The van der Waals surface area contributed by atoms with Gasteiger partial charge >= 0.3 is 6.03 Å². The average Bonchev–Trinajstić information content (AvgIpc) is 2.92. The molecule has 0 saturated heterocycles. The standard InChI is InChI=1S/C14H19N5O/c1-9(15)11-4-3-5-12(8-11)19-14(20)18-10(2)13-16-6-7-17-13/h3-10H,15H2,1-2H3,(H,16,17)(H2,18,19,20). The minimum Gasteiger partial charge on any atom is -0.347 e. The first kappa shape index (κ1) is 14.1. The van der Waals surface area contributed by atoms with Gasteiger partial charge in [0.05, 0.1) is 6.04 Å². The molecule has 2 amide bonds. The number of benzene rings is 1. The molecule has 0 aliphatic carbocycles. The highest BCUT2D eigenvalue weighted by Gasteiger charge is 2.11. The number of hydrogen-bond acceptors (Lipinski definition) is 3. The van der Waals surface area contributed by atoms with Crippen molar-refractivity contribution in [2.45, 2.75) is 25.9 Å². The fourth-order valence-electron chi connectivity index (χ4n) is 1.85. The molecule has 1 aromatic carbocycles. The first-order chi connectivity index (χ1) is 9.56. The topological polar surface area (TPSA) is 95.8 Å². The first-order valence-corrected chi connectivity index (χ1v) is 6.48. The number of urea groups is 1. The molecule has 0 radical (unpaired) electrons. The number of rotatable bonds is 4. The molecule has 2 aromatic rings. The third kappa shape index (κ3) is 3.58. The van der Waals surface area contributed by atoms with Crippen LogP contribution in [0.5, 0.6) is 0 Å². The summed E-state index contributed by atoms with van der Waals surface area (Å²) in [5.41, 5.74) is 7.50. The van der Waals surface area contributed by atoms with Gasteiger partial charge in [0.1, 0.15) is 5.82 Å². The van der Waals surface area contributed by atoms with Crippen LogP contribution in [0.2, 0.25) is 0 Å². The minimum atomic E-state index is -0.282. The van der Waals surface area contributed by atoms with Crippen LogP contribution in [-0.2, 0) is 0 Å². The lowest BCUT2D eigenvalue weighted by molar-refractivity contribution is 0.249. The summed E-state index contributed by atoms with van der Waals surface area (Å²) in [6.45, 7) is 3.76. The molecule has 20 heavy (non-hydrogen) atoms. The van der Waals surface area contributed by atoms with E-state index in [1.54, 1.807) is 12.4 Å². The fourth-order valence-corrected chi connectivity index (χ4v) is 1.85. The van der Waals surface area contributed by atoms with Gasteiger partial charge in [0.2, 0.25) is 0 Å². The van der Waals surface area contributed by atoms with Crippen LogP contribution in [0.25, 0.3) is 0 Å². The molecule has 1 aromatic heterocycles. The number of amides is 2. The van der Waals surface area contributed by atoms with Crippen molar-refractivity contribution in [2.75, 3.05) is 5.32 Å². The number of anilines is 1. The summed E-state index contributed by atoms with van der Waals surface area (Å²) in [5.74, 6) is 0.712. The number of carbonyl (C=O) groups excluding carboxylic acids is 1. The summed E-state index contributed by atoms with van der Waals surface area (Å²) < 4.78 is 0. The van der Waals surface area contributed by atoms with E-state index in [2.05, 4.69) is 20.6 Å². The molecule has 0 spiro atoms. The summed E-state index contributed by atoms with van der Waals surface area (Å²) in [6, 6.07) is 6.94. The molecule has 106 valence electrons. The maximum absolute atomic E-state index is 11.9. The molecule has 1 heterocycles. The van der Waals surface area contributed by atoms with Crippen LogP contribution in [0.15, 0.2) is 36.7 Å². The Hall–Kier alpha value is -2.34. The lowest BCUT2D eigenvalue weighted by Crippen LogP contribution is -2.31. The Kier molecular flexibility index (Phi) is 4.37. The van der Waals surface area contributed by atoms with Crippen molar-refractivity contribution < 1.29 is 4.79 Å². The molecule has 2 rings (SSSR count). The smallest absolute Gasteiger partial charge is 0.319 e.